The van der Waals surface area contributed by atoms with Gasteiger partial charge in [-0.15, -0.1) is 10.2 Å². The normalized spacial score (nSPS) is 12.6. The van der Waals surface area contributed by atoms with E-state index in [0.29, 0.717) is 5.56 Å². The van der Waals surface area contributed by atoms with E-state index in [1.165, 1.54) is 11.3 Å². The molecule has 16 heavy (non-hydrogen) atoms. The van der Waals surface area contributed by atoms with E-state index in [9.17, 15) is 5.11 Å². The van der Waals surface area contributed by atoms with Gasteiger partial charge in [-0.3, -0.25) is 0 Å². The SMILES string of the molecule is CCc1nnc(C(N)c2ccccc2O)s1. The van der Waals surface area contributed by atoms with E-state index in [0.717, 1.165) is 16.4 Å². The number of aromatic hydroxyl groups is 1. The monoisotopic (exact) mass is 235 g/mol. The Balaban J connectivity index is 2.31. The summed E-state index contributed by atoms with van der Waals surface area (Å²) in [5.41, 5.74) is 6.71. The molecule has 84 valence electrons. The van der Waals surface area contributed by atoms with Gasteiger partial charge in [0, 0.05) is 5.56 Å². The summed E-state index contributed by atoms with van der Waals surface area (Å²) in [6.07, 6.45) is 0.852. The minimum atomic E-state index is -0.404. The van der Waals surface area contributed by atoms with E-state index in [1.807, 2.05) is 13.0 Å². The van der Waals surface area contributed by atoms with E-state index in [1.54, 1.807) is 18.2 Å². The molecule has 0 aliphatic rings. The van der Waals surface area contributed by atoms with Crippen LogP contribution in [0.25, 0.3) is 0 Å². The molecule has 1 aromatic carbocycles. The summed E-state index contributed by atoms with van der Waals surface area (Å²) in [5, 5.41) is 19.4. The Hall–Kier alpha value is -1.46. The van der Waals surface area contributed by atoms with Gasteiger partial charge < -0.3 is 10.8 Å². The number of hydrogen-bond donors (Lipinski definition) is 2. The second kappa shape index (κ2) is 4.59. The molecule has 3 N–H and O–H groups in total. The van der Waals surface area contributed by atoms with Gasteiger partial charge in [0.1, 0.15) is 15.8 Å². The van der Waals surface area contributed by atoms with Crippen molar-refractivity contribution in [3.05, 3.63) is 39.8 Å². The zero-order valence-electron chi connectivity index (χ0n) is 8.92. The third-order valence-corrected chi connectivity index (χ3v) is 3.47. The minimum Gasteiger partial charge on any atom is -0.508 e. The molecule has 0 spiro atoms. The van der Waals surface area contributed by atoms with Crippen LogP contribution < -0.4 is 5.73 Å². The van der Waals surface area contributed by atoms with Crippen molar-refractivity contribution < 1.29 is 5.11 Å². The third-order valence-electron chi connectivity index (χ3n) is 2.32. The quantitative estimate of drug-likeness (QED) is 0.851. The molecule has 2 aromatic rings. The number of nitrogens with zero attached hydrogens (tertiary/aromatic N) is 2. The average molecular weight is 235 g/mol. The molecule has 0 amide bonds. The molecule has 1 heterocycles. The van der Waals surface area contributed by atoms with Crippen LogP contribution in [0, 0.1) is 0 Å². The highest BCUT2D eigenvalue weighted by atomic mass is 32.1. The summed E-state index contributed by atoms with van der Waals surface area (Å²) in [4.78, 5) is 0. The van der Waals surface area contributed by atoms with Gasteiger partial charge in [0.15, 0.2) is 0 Å². The van der Waals surface area contributed by atoms with E-state index in [2.05, 4.69) is 10.2 Å². The summed E-state index contributed by atoms with van der Waals surface area (Å²) in [5.74, 6) is 0.197. The summed E-state index contributed by atoms with van der Waals surface area (Å²) in [6, 6.07) is 6.63. The van der Waals surface area contributed by atoms with Crippen molar-refractivity contribution in [1.82, 2.24) is 10.2 Å². The molecular weight excluding hydrogens is 222 g/mol. The van der Waals surface area contributed by atoms with Crippen LogP contribution in [0.15, 0.2) is 24.3 Å². The zero-order valence-corrected chi connectivity index (χ0v) is 9.74. The van der Waals surface area contributed by atoms with Crippen LogP contribution in [-0.4, -0.2) is 15.3 Å². The first-order chi connectivity index (χ1) is 7.72. The average Bonchev–Trinajstić information content (AvgIpc) is 2.77. The lowest BCUT2D eigenvalue weighted by Crippen LogP contribution is -2.11. The third kappa shape index (κ3) is 2.05. The molecular formula is C11H13N3OS. The maximum atomic E-state index is 9.68. The summed E-state index contributed by atoms with van der Waals surface area (Å²) in [7, 11) is 0. The highest BCUT2D eigenvalue weighted by Gasteiger charge is 2.16. The molecule has 1 aromatic heterocycles. The molecule has 0 aliphatic heterocycles. The van der Waals surface area contributed by atoms with Gasteiger partial charge in [0.05, 0.1) is 6.04 Å². The number of phenols is 1. The van der Waals surface area contributed by atoms with E-state index in [-0.39, 0.29) is 5.75 Å². The smallest absolute Gasteiger partial charge is 0.138 e. The van der Waals surface area contributed by atoms with Crippen LogP contribution in [0.2, 0.25) is 0 Å². The Morgan fingerprint density at radius 1 is 1.38 bits per heavy atom. The van der Waals surface area contributed by atoms with Crippen LogP contribution in [0.5, 0.6) is 5.75 Å². The molecule has 0 saturated heterocycles. The van der Waals surface area contributed by atoms with Crippen molar-refractivity contribution in [2.45, 2.75) is 19.4 Å². The maximum absolute atomic E-state index is 9.68. The fraction of sp³-hybridized carbons (Fsp3) is 0.273. The molecule has 4 nitrogen and oxygen atoms in total. The summed E-state index contributed by atoms with van der Waals surface area (Å²) < 4.78 is 0. The number of benzene rings is 1. The molecule has 1 unspecified atom stereocenters. The van der Waals surface area contributed by atoms with Gasteiger partial charge in [-0.05, 0) is 12.5 Å². The second-order valence-electron chi connectivity index (χ2n) is 3.42. The molecule has 0 radical (unpaired) electrons. The van der Waals surface area contributed by atoms with Crippen molar-refractivity contribution in [2.75, 3.05) is 0 Å². The Morgan fingerprint density at radius 3 is 2.75 bits per heavy atom. The molecule has 5 heteroatoms. The van der Waals surface area contributed by atoms with Crippen LogP contribution in [0.1, 0.15) is 28.5 Å². The number of aryl methyl sites for hydroxylation is 1. The Kier molecular flexibility index (Phi) is 3.17. The standard InChI is InChI=1S/C11H13N3OS/c1-2-9-13-14-11(16-9)10(12)7-5-3-4-6-8(7)15/h3-6,10,15H,2,12H2,1H3. The van der Waals surface area contributed by atoms with Crippen molar-refractivity contribution in [3.63, 3.8) is 0 Å². The molecule has 0 aliphatic carbocycles. The van der Waals surface area contributed by atoms with Crippen molar-refractivity contribution >= 4 is 11.3 Å². The first kappa shape index (κ1) is 11.0. The Morgan fingerprint density at radius 2 is 2.12 bits per heavy atom. The predicted molar refractivity (Wildman–Crippen MR) is 63.4 cm³/mol. The van der Waals surface area contributed by atoms with Crippen molar-refractivity contribution in [2.24, 2.45) is 5.73 Å². The maximum Gasteiger partial charge on any atom is 0.138 e. The van der Waals surface area contributed by atoms with Gasteiger partial charge in [-0.1, -0.05) is 36.5 Å². The lowest BCUT2D eigenvalue weighted by Gasteiger charge is -2.09. The van der Waals surface area contributed by atoms with Crippen molar-refractivity contribution in [1.29, 1.82) is 0 Å². The first-order valence-electron chi connectivity index (χ1n) is 5.08. The van der Waals surface area contributed by atoms with Gasteiger partial charge >= 0.3 is 0 Å². The van der Waals surface area contributed by atoms with Crippen molar-refractivity contribution in [3.8, 4) is 5.75 Å². The Labute approximate surface area is 97.8 Å². The van der Waals surface area contributed by atoms with Gasteiger partial charge in [-0.25, -0.2) is 0 Å². The molecule has 2 rings (SSSR count). The zero-order chi connectivity index (χ0) is 11.5. The fourth-order valence-corrected chi connectivity index (χ4v) is 2.22. The number of aromatic nitrogens is 2. The van der Waals surface area contributed by atoms with Crippen LogP contribution in [0.4, 0.5) is 0 Å². The summed E-state index contributed by atoms with van der Waals surface area (Å²) in [6.45, 7) is 2.02. The summed E-state index contributed by atoms with van der Waals surface area (Å²) >= 11 is 1.49. The van der Waals surface area contributed by atoms with Gasteiger partial charge in [-0.2, -0.15) is 0 Å². The van der Waals surface area contributed by atoms with Gasteiger partial charge in [0.2, 0.25) is 0 Å². The lowest BCUT2D eigenvalue weighted by atomic mass is 10.1. The molecule has 0 bridgehead atoms. The topological polar surface area (TPSA) is 72.0 Å². The van der Waals surface area contributed by atoms with Gasteiger partial charge in [0.25, 0.3) is 0 Å². The predicted octanol–water partition coefficient (Wildman–Crippen LogP) is 1.85. The number of hydrogen-bond acceptors (Lipinski definition) is 5. The molecule has 0 saturated carbocycles. The highest BCUT2D eigenvalue weighted by molar-refractivity contribution is 7.11. The number of nitrogens with two attached hydrogens (primary N) is 1. The minimum absolute atomic E-state index is 0.197. The number of para-hydroxylation sites is 1. The van der Waals surface area contributed by atoms with E-state index < -0.39 is 6.04 Å². The van der Waals surface area contributed by atoms with E-state index in [4.69, 9.17) is 5.73 Å². The molecule has 1 atom stereocenters. The van der Waals surface area contributed by atoms with Crippen LogP contribution >= 0.6 is 11.3 Å². The van der Waals surface area contributed by atoms with Crippen LogP contribution in [-0.2, 0) is 6.42 Å². The number of rotatable bonds is 3. The second-order valence-corrected chi connectivity index (χ2v) is 4.52. The molecule has 0 fully saturated rings. The lowest BCUT2D eigenvalue weighted by molar-refractivity contribution is 0.465. The largest absolute Gasteiger partial charge is 0.508 e. The fourth-order valence-electron chi connectivity index (χ4n) is 1.42. The van der Waals surface area contributed by atoms with Crippen LogP contribution in [0.3, 0.4) is 0 Å². The first-order valence-corrected chi connectivity index (χ1v) is 5.89. The number of phenolic OH excluding ortho intramolecular Hbond substituents is 1. The van der Waals surface area contributed by atoms with E-state index >= 15 is 0 Å². The highest BCUT2D eigenvalue weighted by Crippen LogP contribution is 2.28. The Bertz CT molecular complexity index is 484.